The molecule has 0 aliphatic carbocycles. The molecule has 0 unspecified atom stereocenters. The maximum absolute atomic E-state index is 9.24. The van der Waals surface area contributed by atoms with E-state index in [1.54, 1.807) is 30.5 Å². The van der Waals surface area contributed by atoms with Crippen molar-refractivity contribution in [2.45, 2.75) is 18.9 Å². The number of ether oxygens (including phenoxy) is 2. The van der Waals surface area contributed by atoms with Gasteiger partial charge in [0.05, 0.1) is 0 Å². The fourth-order valence-corrected chi connectivity index (χ4v) is 2.67. The SMILES string of the molecule is Oc1ccc(OCCN2CCC(Oc3ccccn3)CC2)cc1. The van der Waals surface area contributed by atoms with Crippen molar-refractivity contribution in [1.82, 2.24) is 9.88 Å². The Morgan fingerprint density at radius 2 is 1.87 bits per heavy atom. The average molecular weight is 314 g/mol. The van der Waals surface area contributed by atoms with Crippen molar-refractivity contribution in [2.75, 3.05) is 26.2 Å². The summed E-state index contributed by atoms with van der Waals surface area (Å²) in [6, 6.07) is 12.6. The van der Waals surface area contributed by atoms with Gasteiger partial charge >= 0.3 is 0 Å². The zero-order valence-electron chi connectivity index (χ0n) is 13.1. The number of phenolic OH excluding ortho intramolecular Hbond substituents is 1. The highest BCUT2D eigenvalue weighted by atomic mass is 16.5. The Bertz CT molecular complexity index is 581. The molecule has 122 valence electrons. The number of aromatic hydroxyl groups is 1. The van der Waals surface area contributed by atoms with Crippen LogP contribution in [0.2, 0.25) is 0 Å². The quantitative estimate of drug-likeness (QED) is 0.888. The molecule has 1 saturated heterocycles. The molecule has 1 fully saturated rings. The third-order valence-electron chi connectivity index (χ3n) is 3.97. The van der Waals surface area contributed by atoms with Gasteiger partial charge in [-0.15, -0.1) is 0 Å². The van der Waals surface area contributed by atoms with Gasteiger partial charge in [-0.2, -0.15) is 0 Å². The van der Waals surface area contributed by atoms with Gasteiger partial charge in [-0.25, -0.2) is 4.98 Å². The van der Waals surface area contributed by atoms with Crippen molar-refractivity contribution in [2.24, 2.45) is 0 Å². The van der Waals surface area contributed by atoms with E-state index in [1.807, 2.05) is 18.2 Å². The molecular formula is C18H22N2O3. The summed E-state index contributed by atoms with van der Waals surface area (Å²) in [6.45, 7) is 3.57. The summed E-state index contributed by atoms with van der Waals surface area (Å²) in [5.74, 6) is 1.75. The van der Waals surface area contributed by atoms with Crippen LogP contribution in [0.3, 0.4) is 0 Å². The van der Waals surface area contributed by atoms with E-state index in [2.05, 4.69) is 9.88 Å². The van der Waals surface area contributed by atoms with E-state index in [9.17, 15) is 5.11 Å². The molecule has 5 heteroatoms. The van der Waals surface area contributed by atoms with E-state index < -0.39 is 0 Å². The molecule has 0 bridgehead atoms. The van der Waals surface area contributed by atoms with Gasteiger partial charge < -0.3 is 14.6 Å². The molecule has 0 radical (unpaired) electrons. The van der Waals surface area contributed by atoms with Crippen LogP contribution in [0.15, 0.2) is 48.7 Å². The van der Waals surface area contributed by atoms with E-state index in [4.69, 9.17) is 9.47 Å². The summed E-state index contributed by atoms with van der Waals surface area (Å²) >= 11 is 0. The number of nitrogens with zero attached hydrogens (tertiary/aromatic N) is 2. The minimum absolute atomic E-state index is 0.249. The third kappa shape index (κ3) is 4.86. The molecule has 0 saturated carbocycles. The zero-order valence-corrected chi connectivity index (χ0v) is 13.1. The van der Waals surface area contributed by atoms with Gasteiger partial charge in [0.2, 0.25) is 5.88 Å². The van der Waals surface area contributed by atoms with Crippen molar-refractivity contribution in [3.05, 3.63) is 48.7 Å². The molecule has 1 aromatic carbocycles. The number of phenols is 1. The highest BCUT2D eigenvalue weighted by molar-refractivity contribution is 5.30. The Hall–Kier alpha value is -2.27. The van der Waals surface area contributed by atoms with Crippen LogP contribution in [0.4, 0.5) is 0 Å². The summed E-state index contributed by atoms with van der Waals surface area (Å²) < 4.78 is 11.6. The molecular weight excluding hydrogens is 292 g/mol. The summed E-state index contributed by atoms with van der Waals surface area (Å²) in [5.41, 5.74) is 0. The van der Waals surface area contributed by atoms with Crippen molar-refractivity contribution in [3.63, 3.8) is 0 Å². The van der Waals surface area contributed by atoms with E-state index in [1.165, 1.54) is 0 Å². The third-order valence-corrected chi connectivity index (χ3v) is 3.97. The van der Waals surface area contributed by atoms with Gasteiger partial charge in [-0.3, -0.25) is 4.90 Å². The van der Waals surface area contributed by atoms with Crippen LogP contribution < -0.4 is 9.47 Å². The Labute approximate surface area is 136 Å². The van der Waals surface area contributed by atoms with E-state index in [-0.39, 0.29) is 11.9 Å². The van der Waals surface area contributed by atoms with Crippen LogP contribution >= 0.6 is 0 Å². The second kappa shape index (κ2) is 7.83. The Balaban J connectivity index is 1.35. The Morgan fingerprint density at radius 1 is 1.09 bits per heavy atom. The number of likely N-dealkylation sites (tertiary alicyclic amines) is 1. The summed E-state index contributed by atoms with van der Waals surface area (Å²) in [5, 5.41) is 9.24. The fourth-order valence-electron chi connectivity index (χ4n) is 2.67. The Kier molecular flexibility index (Phi) is 5.32. The number of rotatable bonds is 6. The molecule has 1 aromatic heterocycles. The van der Waals surface area contributed by atoms with Crippen LogP contribution in [-0.2, 0) is 0 Å². The van der Waals surface area contributed by atoms with Gasteiger partial charge in [0.15, 0.2) is 0 Å². The molecule has 3 rings (SSSR count). The normalized spacial score (nSPS) is 16.2. The second-order valence-corrected chi connectivity index (χ2v) is 5.67. The standard InChI is InChI=1S/C18H22N2O3/c21-15-4-6-16(7-5-15)22-14-13-20-11-8-17(9-12-20)23-18-3-1-2-10-19-18/h1-7,10,17,21H,8-9,11-14H2. The number of hydrogen-bond donors (Lipinski definition) is 1. The zero-order chi connectivity index (χ0) is 15.9. The lowest BCUT2D eigenvalue weighted by Gasteiger charge is -2.31. The van der Waals surface area contributed by atoms with Gasteiger partial charge in [0, 0.05) is 31.9 Å². The predicted octanol–water partition coefficient (Wildman–Crippen LogP) is 2.71. The second-order valence-electron chi connectivity index (χ2n) is 5.67. The van der Waals surface area contributed by atoms with Crippen LogP contribution in [0.1, 0.15) is 12.8 Å². The Morgan fingerprint density at radius 3 is 2.57 bits per heavy atom. The number of benzene rings is 1. The highest BCUT2D eigenvalue weighted by Gasteiger charge is 2.20. The number of hydrogen-bond acceptors (Lipinski definition) is 5. The topological polar surface area (TPSA) is 54.8 Å². The smallest absolute Gasteiger partial charge is 0.213 e. The first-order chi connectivity index (χ1) is 11.3. The first kappa shape index (κ1) is 15.6. The molecule has 1 aliphatic heterocycles. The molecule has 23 heavy (non-hydrogen) atoms. The van der Waals surface area contributed by atoms with Crippen molar-refractivity contribution >= 4 is 0 Å². The highest BCUT2D eigenvalue weighted by Crippen LogP contribution is 2.18. The van der Waals surface area contributed by atoms with Crippen LogP contribution in [-0.4, -0.2) is 47.3 Å². The lowest BCUT2D eigenvalue weighted by atomic mass is 10.1. The lowest BCUT2D eigenvalue weighted by Crippen LogP contribution is -2.40. The first-order valence-electron chi connectivity index (χ1n) is 8.01. The van der Waals surface area contributed by atoms with Gasteiger partial charge in [-0.05, 0) is 43.2 Å². The minimum Gasteiger partial charge on any atom is -0.508 e. The number of piperidine rings is 1. The van der Waals surface area contributed by atoms with Crippen LogP contribution in [0, 0.1) is 0 Å². The molecule has 0 atom stereocenters. The summed E-state index contributed by atoms with van der Waals surface area (Å²) in [7, 11) is 0. The van der Waals surface area contributed by atoms with Crippen molar-refractivity contribution < 1.29 is 14.6 Å². The van der Waals surface area contributed by atoms with E-state index in [0.717, 1.165) is 38.2 Å². The molecule has 0 amide bonds. The summed E-state index contributed by atoms with van der Waals surface area (Å²) in [6.07, 6.45) is 4.02. The van der Waals surface area contributed by atoms with Crippen molar-refractivity contribution in [3.8, 4) is 17.4 Å². The van der Waals surface area contributed by atoms with Gasteiger partial charge in [0.25, 0.3) is 0 Å². The van der Waals surface area contributed by atoms with E-state index in [0.29, 0.717) is 12.5 Å². The monoisotopic (exact) mass is 314 g/mol. The first-order valence-corrected chi connectivity index (χ1v) is 8.01. The molecule has 5 nitrogen and oxygen atoms in total. The fraction of sp³-hybridized carbons (Fsp3) is 0.389. The number of pyridine rings is 1. The van der Waals surface area contributed by atoms with Crippen LogP contribution in [0.25, 0.3) is 0 Å². The predicted molar refractivity (Wildman–Crippen MR) is 87.9 cm³/mol. The maximum atomic E-state index is 9.24. The minimum atomic E-state index is 0.249. The van der Waals surface area contributed by atoms with Gasteiger partial charge in [-0.1, -0.05) is 6.07 Å². The van der Waals surface area contributed by atoms with Crippen molar-refractivity contribution in [1.29, 1.82) is 0 Å². The molecule has 1 aliphatic rings. The molecule has 0 spiro atoms. The van der Waals surface area contributed by atoms with Crippen LogP contribution in [0.5, 0.6) is 17.4 Å². The molecule has 1 N–H and O–H groups in total. The van der Waals surface area contributed by atoms with Gasteiger partial charge in [0.1, 0.15) is 24.2 Å². The maximum Gasteiger partial charge on any atom is 0.213 e. The lowest BCUT2D eigenvalue weighted by molar-refractivity contribution is 0.0884. The molecule has 2 aromatic rings. The number of aromatic nitrogens is 1. The summed E-state index contributed by atoms with van der Waals surface area (Å²) in [4.78, 5) is 6.60. The largest absolute Gasteiger partial charge is 0.508 e. The van der Waals surface area contributed by atoms with E-state index >= 15 is 0 Å². The average Bonchev–Trinajstić information content (AvgIpc) is 2.59. The molecule has 2 heterocycles.